The molecule has 24 heavy (non-hydrogen) atoms. The number of benzene rings is 3. The van der Waals surface area contributed by atoms with Crippen molar-refractivity contribution in [1.29, 1.82) is 0 Å². The summed E-state index contributed by atoms with van der Waals surface area (Å²) in [5, 5.41) is 3.49. The van der Waals surface area contributed by atoms with Crippen LogP contribution < -0.4 is 5.32 Å². The molecular formula is C22H21NO. The Kier molecular flexibility index (Phi) is 5.41. The molecule has 0 aromatic heterocycles. The van der Waals surface area contributed by atoms with Crippen LogP contribution in [0, 0.1) is 0 Å². The predicted octanol–water partition coefficient (Wildman–Crippen LogP) is 5.04. The van der Waals surface area contributed by atoms with Gasteiger partial charge in [0.1, 0.15) is 5.78 Å². The van der Waals surface area contributed by atoms with E-state index >= 15 is 0 Å². The average Bonchev–Trinajstić information content (AvgIpc) is 2.63. The van der Waals surface area contributed by atoms with Gasteiger partial charge in [0.05, 0.1) is 6.04 Å². The first kappa shape index (κ1) is 16.0. The summed E-state index contributed by atoms with van der Waals surface area (Å²) < 4.78 is 0. The topological polar surface area (TPSA) is 29.1 Å². The molecule has 0 bridgehead atoms. The fraction of sp³-hybridized carbons (Fsp3) is 0.136. The van der Waals surface area contributed by atoms with Crippen LogP contribution >= 0.6 is 0 Å². The van der Waals surface area contributed by atoms with Gasteiger partial charge in [0.2, 0.25) is 0 Å². The third kappa shape index (κ3) is 4.56. The number of rotatable bonds is 7. The van der Waals surface area contributed by atoms with Gasteiger partial charge in [0.15, 0.2) is 0 Å². The number of hydrogen-bond donors (Lipinski definition) is 1. The highest BCUT2D eigenvalue weighted by Gasteiger charge is 2.16. The van der Waals surface area contributed by atoms with Crippen molar-refractivity contribution >= 4 is 11.5 Å². The number of para-hydroxylation sites is 1. The molecule has 0 saturated carbocycles. The summed E-state index contributed by atoms with van der Waals surface area (Å²) in [7, 11) is 0. The van der Waals surface area contributed by atoms with E-state index in [1.807, 2.05) is 78.9 Å². The summed E-state index contributed by atoms with van der Waals surface area (Å²) in [5.74, 6) is 0.235. The molecule has 0 aliphatic heterocycles. The van der Waals surface area contributed by atoms with Crippen LogP contribution in [0.3, 0.4) is 0 Å². The Balaban J connectivity index is 1.73. The quantitative estimate of drug-likeness (QED) is 0.661. The van der Waals surface area contributed by atoms with Crippen molar-refractivity contribution in [3.05, 3.63) is 102 Å². The fourth-order valence-electron chi connectivity index (χ4n) is 2.80. The summed E-state index contributed by atoms with van der Waals surface area (Å²) in [6, 6.07) is 30.1. The largest absolute Gasteiger partial charge is 0.378 e. The van der Waals surface area contributed by atoms with Gasteiger partial charge in [-0.1, -0.05) is 78.9 Å². The Labute approximate surface area is 143 Å². The van der Waals surface area contributed by atoms with E-state index in [0.717, 1.165) is 16.8 Å². The summed E-state index contributed by atoms with van der Waals surface area (Å²) in [6.07, 6.45) is 0.939. The lowest BCUT2D eigenvalue weighted by atomic mass is 9.97. The van der Waals surface area contributed by atoms with Crippen LogP contribution in [0.4, 0.5) is 5.69 Å². The second-order valence-electron chi connectivity index (χ2n) is 5.88. The maximum absolute atomic E-state index is 12.5. The lowest BCUT2D eigenvalue weighted by Crippen LogP contribution is -2.16. The summed E-state index contributed by atoms with van der Waals surface area (Å²) >= 11 is 0. The van der Waals surface area contributed by atoms with Crippen molar-refractivity contribution in [2.75, 3.05) is 5.32 Å². The number of Topliss-reactive ketones (excluding diaryl/α,β-unsaturated/α-hetero) is 1. The Morgan fingerprint density at radius 2 is 1.29 bits per heavy atom. The zero-order chi connectivity index (χ0) is 16.6. The van der Waals surface area contributed by atoms with Crippen LogP contribution in [0.25, 0.3) is 0 Å². The standard InChI is InChI=1S/C22H21NO/c24-21(16-18-10-4-1-5-11-18)17-22(19-12-6-2-7-13-19)23-20-14-8-3-9-15-20/h1-15,22-23H,16-17H2. The van der Waals surface area contributed by atoms with E-state index in [-0.39, 0.29) is 11.8 Å². The van der Waals surface area contributed by atoms with Crippen LogP contribution in [-0.4, -0.2) is 5.78 Å². The molecule has 0 radical (unpaired) electrons. The second-order valence-corrected chi connectivity index (χ2v) is 5.88. The minimum absolute atomic E-state index is 0.0233. The molecule has 1 N–H and O–H groups in total. The number of ketones is 1. The zero-order valence-corrected chi connectivity index (χ0v) is 13.6. The van der Waals surface area contributed by atoms with Gasteiger partial charge in [0, 0.05) is 18.5 Å². The van der Waals surface area contributed by atoms with Crippen molar-refractivity contribution in [2.24, 2.45) is 0 Å². The molecular weight excluding hydrogens is 294 g/mol. The van der Waals surface area contributed by atoms with E-state index in [4.69, 9.17) is 0 Å². The minimum atomic E-state index is -0.0233. The monoisotopic (exact) mass is 315 g/mol. The summed E-state index contributed by atoms with van der Waals surface area (Å²) in [4.78, 5) is 12.5. The number of carbonyl (C=O) groups excluding carboxylic acids is 1. The van der Waals surface area contributed by atoms with Crippen LogP contribution in [0.15, 0.2) is 91.0 Å². The minimum Gasteiger partial charge on any atom is -0.378 e. The SMILES string of the molecule is O=C(Cc1ccccc1)CC(Nc1ccccc1)c1ccccc1. The van der Waals surface area contributed by atoms with Crippen LogP contribution in [0.5, 0.6) is 0 Å². The van der Waals surface area contributed by atoms with Crippen molar-refractivity contribution < 1.29 is 4.79 Å². The molecule has 120 valence electrons. The van der Waals surface area contributed by atoms with E-state index in [9.17, 15) is 4.79 Å². The molecule has 3 aromatic carbocycles. The molecule has 2 nitrogen and oxygen atoms in total. The highest BCUT2D eigenvalue weighted by Crippen LogP contribution is 2.23. The molecule has 1 atom stereocenters. The summed E-state index contributed by atoms with van der Waals surface area (Å²) in [5.41, 5.74) is 3.22. The zero-order valence-electron chi connectivity index (χ0n) is 13.6. The number of anilines is 1. The first-order valence-corrected chi connectivity index (χ1v) is 8.23. The van der Waals surface area contributed by atoms with Gasteiger partial charge >= 0.3 is 0 Å². The van der Waals surface area contributed by atoms with Gasteiger partial charge in [-0.15, -0.1) is 0 Å². The Morgan fingerprint density at radius 3 is 1.92 bits per heavy atom. The average molecular weight is 315 g/mol. The van der Waals surface area contributed by atoms with E-state index in [1.165, 1.54) is 0 Å². The van der Waals surface area contributed by atoms with E-state index < -0.39 is 0 Å². The molecule has 0 saturated heterocycles. The first-order valence-electron chi connectivity index (χ1n) is 8.23. The lowest BCUT2D eigenvalue weighted by Gasteiger charge is -2.20. The van der Waals surface area contributed by atoms with E-state index in [2.05, 4.69) is 17.4 Å². The van der Waals surface area contributed by atoms with Crippen LogP contribution in [0.2, 0.25) is 0 Å². The number of nitrogens with one attached hydrogen (secondary N) is 1. The molecule has 0 aliphatic rings. The smallest absolute Gasteiger partial charge is 0.139 e. The van der Waals surface area contributed by atoms with Crippen molar-refractivity contribution in [2.45, 2.75) is 18.9 Å². The Bertz CT molecular complexity index is 754. The molecule has 2 heteroatoms. The second kappa shape index (κ2) is 8.11. The molecule has 0 spiro atoms. The predicted molar refractivity (Wildman–Crippen MR) is 99.0 cm³/mol. The van der Waals surface area contributed by atoms with Gasteiger partial charge in [-0.2, -0.15) is 0 Å². The summed E-state index contributed by atoms with van der Waals surface area (Å²) in [6.45, 7) is 0. The molecule has 0 heterocycles. The molecule has 0 aliphatic carbocycles. The van der Waals surface area contributed by atoms with Gasteiger partial charge in [-0.3, -0.25) is 4.79 Å². The van der Waals surface area contributed by atoms with Gasteiger partial charge in [-0.05, 0) is 23.3 Å². The molecule has 0 amide bonds. The third-order valence-electron chi connectivity index (χ3n) is 3.99. The fourth-order valence-corrected chi connectivity index (χ4v) is 2.80. The molecule has 0 fully saturated rings. The number of carbonyl (C=O) groups is 1. The van der Waals surface area contributed by atoms with Crippen molar-refractivity contribution in [3.8, 4) is 0 Å². The highest BCUT2D eigenvalue weighted by atomic mass is 16.1. The van der Waals surface area contributed by atoms with Gasteiger partial charge in [-0.25, -0.2) is 0 Å². The third-order valence-corrected chi connectivity index (χ3v) is 3.99. The lowest BCUT2D eigenvalue weighted by molar-refractivity contribution is -0.118. The van der Waals surface area contributed by atoms with Crippen molar-refractivity contribution in [3.63, 3.8) is 0 Å². The maximum atomic E-state index is 12.5. The number of hydrogen-bond acceptors (Lipinski definition) is 2. The van der Waals surface area contributed by atoms with E-state index in [0.29, 0.717) is 12.8 Å². The molecule has 3 aromatic rings. The Hall–Kier alpha value is -2.87. The van der Waals surface area contributed by atoms with Crippen molar-refractivity contribution in [1.82, 2.24) is 0 Å². The maximum Gasteiger partial charge on any atom is 0.139 e. The van der Waals surface area contributed by atoms with E-state index in [1.54, 1.807) is 0 Å². The first-order chi connectivity index (χ1) is 11.8. The highest BCUT2D eigenvalue weighted by molar-refractivity contribution is 5.82. The Morgan fingerprint density at radius 1 is 0.750 bits per heavy atom. The van der Waals surface area contributed by atoms with Gasteiger partial charge in [0.25, 0.3) is 0 Å². The molecule has 1 unspecified atom stereocenters. The van der Waals surface area contributed by atoms with Crippen LogP contribution in [-0.2, 0) is 11.2 Å². The normalized spacial score (nSPS) is 11.7. The van der Waals surface area contributed by atoms with Crippen LogP contribution in [0.1, 0.15) is 23.6 Å². The molecule has 3 rings (SSSR count). The van der Waals surface area contributed by atoms with Gasteiger partial charge < -0.3 is 5.32 Å².